The van der Waals surface area contributed by atoms with Gasteiger partial charge in [0.1, 0.15) is 11.8 Å². The van der Waals surface area contributed by atoms with Crippen molar-refractivity contribution in [3.05, 3.63) is 53.1 Å². The molecular formula is C19H18ClN3O5S. The molecule has 152 valence electrons. The maximum Gasteiger partial charge on any atom is 0.262 e. The van der Waals surface area contributed by atoms with Crippen LogP contribution >= 0.6 is 11.6 Å². The normalized spacial score (nSPS) is 14.8. The second kappa shape index (κ2) is 9.24. The number of halogens is 1. The minimum absolute atomic E-state index is 0.0230. The van der Waals surface area contributed by atoms with Crippen LogP contribution < -0.4 is 10.1 Å². The first kappa shape index (κ1) is 21.1. The van der Waals surface area contributed by atoms with E-state index in [4.69, 9.17) is 26.3 Å². The van der Waals surface area contributed by atoms with Crippen molar-refractivity contribution in [2.75, 3.05) is 38.2 Å². The molecular weight excluding hydrogens is 418 g/mol. The lowest BCUT2D eigenvalue weighted by atomic mass is 10.2. The maximum atomic E-state index is 12.8. The number of ether oxygens (including phenoxy) is 2. The third kappa shape index (κ3) is 5.05. The number of rotatable bonds is 6. The van der Waals surface area contributed by atoms with E-state index in [9.17, 15) is 13.2 Å². The Balaban J connectivity index is 1.71. The van der Waals surface area contributed by atoms with E-state index in [0.717, 1.165) is 0 Å². The zero-order valence-corrected chi connectivity index (χ0v) is 16.9. The van der Waals surface area contributed by atoms with Gasteiger partial charge in [-0.25, -0.2) is 8.42 Å². The lowest BCUT2D eigenvalue weighted by molar-refractivity contribution is -0.118. The highest BCUT2D eigenvalue weighted by atomic mass is 35.5. The number of morpholine rings is 1. The third-order valence-corrected chi connectivity index (χ3v) is 6.41. The van der Waals surface area contributed by atoms with Gasteiger partial charge < -0.3 is 14.8 Å². The Hall–Kier alpha value is -2.64. The van der Waals surface area contributed by atoms with Crippen molar-refractivity contribution in [2.24, 2.45) is 0 Å². The molecule has 1 fully saturated rings. The summed E-state index contributed by atoms with van der Waals surface area (Å²) >= 11 is 6.11. The van der Waals surface area contributed by atoms with E-state index in [1.165, 1.54) is 22.5 Å². The molecule has 2 aromatic carbocycles. The van der Waals surface area contributed by atoms with Crippen LogP contribution in [0.1, 0.15) is 5.56 Å². The highest BCUT2D eigenvalue weighted by Crippen LogP contribution is 2.27. The van der Waals surface area contributed by atoms with E-state index in [0.29, 0.717) is 18.8 Å². The van der Waals surface area contributed by atoms with Crippen molar-refractivity contribution in [3.63, 3.8) is 0 Å². The van der Waals surface area contributed by atoms with Crippen LogP contribution in [0.4, 0.5) is 5.69 Å². The fourth-order valence-electron chi connectivity index (χ4n) is 2.71. The number of para-hydroxylation sites is 1. The van der Waals surface area contributed by atoms with Gasteiger partial charge in [0, 0.05) is 13.1 Å². The number of nitrogens with zero attached hydrogens (tertiary/aromatic N) is 2. The van der Waals surface area contributed by atoms with Crippen LogP contribution in [0.5, 0.6) is 5.75 Å². The number of anilines is 1. The predicted molar refractivity (Wildman–Crippen MR) is 106 cm³/mol. The van der Waals surface area contributed by atoms with Crippen LogP contribution in [0.25, 0.3) is 0 Å². The topological polar surface area (TPSA) is 109 Å². The fraction of sp³-hybridized carbons (Fsp3) is 0.263. The van der Waals surface area contributed by atoms with E-state index >= 15 is 0 Å². The molecule has 1 aliphatic heterocycles. The van der Waals surface area contributed by atoms with Crippen LogP contribution in [0, 0.1) is 11.3 Å². The average Bonchev–Trinajstić information content (AvgIpc) is 2.74. The summed E-state index contributed by atoms with van der Waals surface area (Å²) in [6.45, 7) is 0.822. The molecule has 0 aliphatic carbocycles. The molecule has 3 rings (SSSR count). The molecule has 1 N–H and O–H groups in total. The highest BCUT2D eigenvalue weighted by Gasteiger charge is 2.27. The van der Waals surface area contributed by atoms with E-state index < -0.39 is 15.9 Å². The van der Waals surface area contributed by atoms with Crippen molar-refractivity contribution in [1.82, 2.24) is 4.31 Å². The smallest absolute Gasteiger partial charge is 0.262 e. The second-order valence-corrected chi connectivity index (χ2v) is 8.45. The molecule has 0 atom stereocenters. The summed E-state index contributed by atoms with van der Waals surface area (Å²) < 4.78 is 37.4. The Bertz CT molecular complexity index is 1050. The van der Waals surface area contributed by atoms with Gasteiger partial charge in [-0.2, -0.15) is 9.57 Å². The molecule has 0 unspecified atom stereocenters. The van der Waals surface area contributed by atoms with Crippen molar-refractivity contribution in [2.45, 2.75) is 4.90 Å². The van der Waals surface area contributed by atoms with Gasteiger partial charge in [-0.05, 0) is 30.3 Å². The Kier molecular flexibility index (Phi) is 6.71. The van der Waals surface area contributed by atoms with E-state index in [1.54, 1.807) is 24.3 Å². The number of carbonyl (C=O) groups excluding carboxylic acids is 1. The number of hydrogen-bond donors (Lipinski definition) is 1. The van der Waals surface area contributed by atoms with Gasteiger partial charge in [0.05, 0.1) is 34.4 Å². The highest BCUT2D eigenvalue weighted by molar-refractivity contribution is 7.89. The molecule has 29 heavy (non-hydrogen) atoms. The first-order valence-electron chi connectivity index (χ1n) is 8.71. The first-order valence-corrected chi connectivity index (χ1v) is 10.5. The third-order valence-electron chi connectivity index (χ3n) is 4.19. The monoisotopic (exact) mass is 435 g/mol. The molecule has 1 aliphatic rings. The number of sulfonamides is 1. The second-order valence-electron chi connectivity index (χ2n) is 6.10. The van der Waals surface area contributed by atoms with Crippen molar-refractivity contribution in [3.8, 4) is 11.8 Å². The van der Waals surface area contributed by atoms with Gasteiger partial charge in [0.15, 0.2) is 6.61 Å². The number of benzene rings is 2. The van der Waals surface area contributed by atoms with Crippen LogP contribution in [0.2, 0.25) is 5.02 Å². The van der Waals surface area contributed by atoms with E-state index in [2.05, 4.69) is 5.32 Å². The minimum atomic E-state index is -3.73. The van der Waals surface area contributed by atoms with Crippen molar-refractivity contribution >= 4 is 33.2 Å². The van der Waals surface area contributed by atoms with Gasteiger partial charge in [-0.1, -0.05) is 23.7 Å². The summed E-state index contributed by atoms with van der Waals surface area (Å²) in [5.41, 5.74) is 0.458. The van der Waals surface area contributed by atoms with Gasteiger partial charge in [0.25, 0.3) is 5.91 Å². The summed E-state index contributed by atoms with van der Waals surface area (Å²) in [5, 5.41) is 11.8. The fourth-order valence-corrected chi connectivity index (χ4v) is 4.31. The lowest BCUT2D eigenvalue weighted by Gasteiger charge is -2.26. The average molecular weight is 436 g/mol. The van der Waals surface area contributed by atoms with Crippen LogP contribution in [0.15, 0.2) is 47.4 Å². The lowest BCUT2D eigenvalue weighted by Crippen LogP contribution is -2.40. The molecule has 0 spiro atoms. The zero-order chi connectivity index (χ0) is 20.9. The molecule has 2 aromatic rings. The summed E-state index contributed by atoms with van der Waals surface area (Å²) in [4.78, 5) is 12.3. The standard InChI is InChI=1S/C19H18ClN3O5S/c20-16-6-5-15(29(25,26)23-7-9-27-10-8-23)11-17(16)22-19(24)13-28-18-4-2-1-3-14(18)12-21/h1-6,11H,7-10,13H2,(H,22,24). The summed E-state index contributed by atoms with van der Waals surface area (Å²) in [5.74, 6) is -0.263. The van der Waals surface area contributed by atoms with Gasteiger partial charge in [0.2, 0.25) is 10.0 Å². The Morgan fingerprint density at radius 3 is 2.69 bits per heavy atom. The summed E-state index contributed by atoms with van der Waals surface area (Å²) in [7, 11) is -3.73. The predicted octanol–water partition coefficient (Wildman–Crippen LogP) is 2.25. The summed E-state index contributed by atoms with van der Waals surface area (Å²) in [6.07, 6.45) is 0. The minimum Gasteiger partial charge on any atom is -0.482 e. The van der Waals surface area contributed by atoms with Crippen LogP contribution in [-0.2, 0) is 19.6 Å². The number of carbonyl (C=O) groups is 1. The largest absolute Gasteiger partial charge is 0.482 e. The SMILES string of the molecule is N#Cc1ccccc1OCC(=O)Nc1cc(S(=O)(=O)N2CCOCC2)ccc1Cl. The molecule has 0 radical (unpaired) electrons. The molecule has 0 bridgehead atoms. The Labute approximate surface area is 173 Å². The molecule has 1 heterocycles. The Morgan fingerprint density at radius 1 is 1.24 bits per heavy atom. The summed E-state index contributed by atoms with van der Waals surface area (Å²) in [6, 6.07) is 12.6. The molecule has 1 saturated heterocycles. The number of hydrogen-bond acceptors (Lipinski definition) is 6. The van der Waals surface area contributed by atoms with Gasteiger partial charge in [-0.15, -0.1) is 0 Å². The van der Waals surface area contributed by atoms with Gasteiger partial charge in [-0.3, -0.25) is 4.79 Å². The van der Waals surface area contributed by atoms with E-state index in [1.807, 2.05) is 6.07 Å². The molecule has 0 aromatic heterocycles. The number of nitrogens with one attached hydrogen (secondary N) is 1. The van der Waals surface area contributed by atoms with Crippen LogP contribution in [0.3, 0.4) is 0 Å². The molecule has 0 saturated carbocycles. The first-order chi connectivity index (χ1) is 13.9. The van der Waals surface area contributed by atoms with Crippen LogP contribution in [-0.4, -0.2) is 51.5 Å². The number of amides is 1. The van der Waals surface area contributed by atoms with E-state index in [-0.39, 0.29) is 41.1 Å². The number of nitriles is 1. The maximum absolute atomic E-state index is 12.8. The van der Waals surface area contributed by atoms with Gasteiger partial charge >= 0.3 is 0 Å². The Morgan fingerprint density at radius 2 is 1.97 bits per heavy atom. The molecule has 10 heteroatoms. The zero-order valence-electron chi connectivity index (χ0n) is 15.3. The van der Waals surface area contributed by atoms with Crippen molar-refractivity contribution in [1.29, 1.82) is 5.26 Å². The molecule has 1 amide bonds. The molecule has 8 nitrogen and oxygen atoms in total. The quantitative estimate of drug-likeness (QED) is 0.745. The van der Waals surface area contributed by atoms with Crippen molar-refractivity contribution < 1.29 is 22.7 Å².